The van der Waals surface area contributed by atoms with E-state index in [0.717, 1.165) is 53.9 Å². The number of aryl methyl sites for hydroxylation is 3. The SMILES string of the molecule is CCCc1c(C(=O)Nc2c(CC)cc(CC)cc2CC)c(=O)c(C)c(C)n1C. The lowest BCUT2D eigenvalue weighted by Gasteiger charge is -2.20. The molecule has 1 aromatic heterocycles. The number of amides is 1. The van der Waals surface area contributed by atoms with Gasteiger partial charge in [0.1, 0.15) is 5.56 Å². The predicted octanol–water partition coefficient (Wildman–Crippen LogP) is 4.89. The average Bonchev–Trinajstić information content (AvgIpc) is 2.70. The first-order valence-corrected chi connectivity index (χ1v) is 10.5. The van der Waals surface area contributed by atoms with Crippen LogP contribution >= 0.6 is 0 Å². The van der Waals surface area contributed by atoms with E-state index >= 15 is 0 Å². The van der Waals surface area contributed by atoms with Gasteiger partial charge < -0.3 is 9.88 Å². The third kappa shape index (κ3) is 4.06. The average molecular weight is 383 g/mol. The zero-order chi connectivity index (χ0) is 21.0. The molecule has 0 aliphatic rings. The summed E-state index contributed by atoms with van der Waals surface area (Å²) in [6.07, 6.45) is 4.21. The largest absolute Gasteiger partial charge is 0.351 e. The third-order valence-electron chi connectivity index (χ3n) is 5.79. The first kappa shape index (κ1) is 21.9. The van der Waals surface area contributed by atoms with Gasteiger partial charge in [-0.3, -0.25) is 9.59 Å². The van der Waals surface area contributed by atoms with E-state index in [4.69, 9.17) is 0 Å². The van der Waals surface area contributed by atoms with Crippen LogP contribution in [0.4, 0.5) is 5.69 Å². The molecule has 2 aromatic rings. The number of nitrogens with zero attached hydrogens (tertiary/aromatic N) is 1. The highest BCUT2D eigenvalue weighted by Gasteiger charge is 2.22. The Hall–Kier alpha value is -2.36. The molecule has 0 aliphatic carbocycles. The Morgan fingerprint density at radius 1 is 1.00 bits per heavy atom. The molecule has 152 valence electrons. The second-order valence-electron chi connectivity index (χ2n) is 7.47. The molecule has 0 radical (unpaired) electrons. The van der Waals surface area contributed by atoms with Crippen LogP contribution in [0.2, 0.25) is 0 Å². The van der Waals surface area contributed by atoms with Crippen molar-refractivity contribution in [2.75, 3.05) is 5.32 Å². The summed E-state index contributed by atoms with van der Waals surface area (Å²) in [7, 11) is 1.94. The number of aromatic nitrogens is 1. The van der Waals surface area contributed by atoms with Crippen LogP contribution in [0, 0.1) is 13.8 Å². The molecule has 1 amide bonds. The number of hydrogen-bond donors (Lipinski definition) is 1. The second kappa shape index (κ2) is 9.22. The van der Waals surface area contributed by atoms with Gasteiger partial charge in [0.15, 0.2) is 5.43 Å². The number of benzene rings is 1. The number of carbonyl (C=O) groups excluding carboxylic acids is 1. The molecule has 1 heterocycles. The van der Waals surface area contributed by atoms with Gasteiger partial charge in [0.2, 0.25) is 0 Å². The summed E-state index contributed by atoms with van der Waals surface area (Å²) in [5, 5.41) is 3.11. The molecule has 0 saturated heterocycles. The lowest BCUT2D eigenvalue weighted by molar-refractivity contribution is 0.102. The van der Waals surface area contributed by atoms with E-state index in [1.807, 2.05) is 18.5 Å². The van der Waals surface area contributed by atoms with Crippen LogP contribution in [0.5, 0.6) is 0 Å². The lowest BCUT2D eigenvalue weighted by Crippen LogP contribution is -2.30. The van der Waals surface area contributed by atoms with Crippen molar-refractivity contribution in [3.8, 4) is 0 Å². The minimum absolute atomic E-state index is 0.155. The summed E-state index contributed by atoms with van der Waals surface area (Å²) in [6.45, 7) is 12.1. The molecule has 1 aromatic carbocycles. The Morgan fingerprint density at radius 2 is 1.57 bits per heavy atom. The van der Waals surface area contributed by atoms with Gasteiger partial charge in [-0.05, 0) is 56.2 Å². The fraction of sp³-hybridized carbons (Fsp3) is 0.500. The molecule has 2 rings (SSSR count). The molecule has 0 fully saturated rings. The Bertz CT molecular complexity index is 914. The van der Waals surface area contributed by atoms with Crippen molar-refractivity contribution in [3.63, 3.8) is 0 Å². The molecule has 0 saturated carbocycles. The van der Waals surface area contributed by atoms with Crippen molar-refractivity contribution >= 4 is 11.6 Å². The van der Waals surface area contributed by atoms with E-state index in [0.29, 0.717) is 12.0 Å². The maximum absolute atomic E-state index is 13.3. The fourth-order valence-corrected chi connectivity index (χ4v) is 3.81. The molecule has 4 heteroatoms. The summed E-state index contributed by atoms with van der Waals surface area (Å²) in [5.74, 6) is -0.291. The van der Waals surface area contributed by atoms with Crippen LogP contribution in [-0.2, 0) is 32.7 Å². The van der Waals surface area contributed by atoms with Gasteiger partial charge in [0, 0.05) is 29.7 Å². The van der Waals surface area contributed by atoms with Crippen LogP contribution in [0.15, 0.2) is 16.9 Å². The van der Waals surface area contributed by atoms with E-state index in [1.165, 1.54) is 5.56 Å². The van der Waals surface area contributed by atoms with Gasteiger partial charge in [0.25, 0.3) is 5.91 Å². The van der Waals surface area contributed by atoms with Gasteiger partial charge in [-0.1, -0.05) is 46.2 Å². The molecule has 0 atom stereocenters. The second-order valence-corrected chi connectivity index (χ2v) is 7.47. The van der Waals surface area contributed by atoms with Crippen LogP contribution in [-0.4, -0.2) is 10.5 Å². The number of nitrogens with one attached hydrogen (secondary N) is 1. The van der Waals surface area contributed by atoms with Crippen molar-refractivity contribution in [2.24, 2.45) is 7.05 Å². The highest BCUT2D eigenvalue weighted by Crippen LogP contribution is 2.26. The maximum atomic E-state index is 13.3. The maximum Gasteiger partial charge on any atom is 0.261 e. The van der Waals surface area contributed by atoms with Crippen LogP contribution in [0.1, 0.15) is 78.1 Å². The van der Waals surface area contributed by atoms with Crippen LogP contribution in [0.3, 0.4) is 0 Å². The van der Waals surface area contributed by atoms with E-state index < -0.39 is 0 Å². The van der Waals surface area contributed by atoms with Gasteiger partial charge in [-0.2, -0.15) is 0 Å². The molecule has 0 spiro atoms. The standard InChI is InChI=1S/C24H34N2O2/c1-8-12-20-21(23(27)15(5)16(6)26(20)7)24(28)25-22-18(10-3)13-17(9-2)14-19(22)11-4/h13-14H,8-12H2,1-7H3,(H,25,28). The molecule has 0 unspecified atom stereocenters. The normalized spacial score (nSPS) is 11.0. The molecule has 0 aliphatic heterocycles. The lowest BCUT2D eigenvalue weighted by atomic mass is 9.97. The summed E-state index contributed by atoms with van der Waals surface area (Å²) in [6, 6.07) is 4.33. The number of hydrogen-bond acceptors (Lipinski definition) is 2. The highest BCUT2D eigenvalue weighted by molar-refractivity contribution is 6.06. The summed E-state index contributed by atoms with van der Waals surface area (Å²) in [5.41, 5.74) is 6.91. The minimum Gasteiger partial charge on any atom is -0.351 e. The molecular weight excluding hydrogens is 348 g/mol. The van der Waals surface area contributed by atoms with Crippen molar-refractivity contribution < 1.29 is 4.79 Å². The topological polar surface area (TPSA) is 51.1 Å². The Balaban J connectivity index is 2.62. The quantitative estimate of drug-likeness (QED) is 0.741. The molecular formula is C24H34N2O2. The van der Waals surface area contributed by atoms with Crippen molar-refractivity contribution in [2.45, 2.75) is 73.6 Å². The van der Waals surface area contributed by atoms with Crippen molar-refractivity contribution in [3.05, 3.63) is 61.6 Å². The van der Waals surface area contributed by atoms with E-state index in [9.17, 15) is 9.59 Å². The van der Waals surface area contributed by atoms with Crippen molar-refractivity contribution in [1.82, 2.24) is 4.57 Å². The van der Waals surface area contributed by atoms with E-state index in [-0.39, 0.29) is 16.9 Å². The zero-order valence-corrected chi connectivity index (χ0v) is 18.5. The Labute approximate surface area is 169 Å². The van der Waals surface area contributed by atoms with Gasteiger partial charge in [-0.15, -0.1) is 0 Å². The fourth-order valence-electron chi connectivity index (χ4n) is 3.81. The minimum atomic E-state index is -0.291. The van der Waals surface area contributed by atoms with E-state index in [2.05, 4.69) is 45.1 Å². The van der Waals surface area contributed by atoms with Gasteiger partial charge in [0.05, 0.1) is 0 Å². The van der Waals surface area contributed by atoms with Gasteiger partial charge >= 0.3 is 0 Å². The summed E-state index contributed by atoms with van der Waals surface area (Å²) < 4.78 is 2.00. The zero-order valence-electron chi connectivity index (χ0n) is 18.5. The third-order valence-corrected chi connectivity index (χ3v) is 5.79. The summed E-state index contributed by atoms with van der Waals surface area (Å²) in [4.78, 5) is 26.3. The smallest absolute Gasteiger partial charge is 0.261 e. The highest BCUT2D eigenvalue weighted by atomic mass is 16.2. The Morgan fingerprint density at radius 3 is 2.04 bits per heavy atom. The molecule has 4 nitrogen and oxygen atoms in total. The monoisotopic (exact) mass is 382 g/mol. The number of pyridine rings is 1. The first-order chi connectivity index (χ1) is 13.3. The first-order valence-electron chi connectivity index (χ1n) is 10.5. The predicted molar refractivity (Wildman–Crippen MR) is 118 cm³/mol. The number of anilines is 1. The van der Waals surface area contributed by atoms with Crippen LogP contribution in [0.25, 0.3) is 0 Å². The molecule has 0 bridgehead atoms. The number of rotatable bonds is 7. The molecule has 28 heavy (non-hydrogen) atoms. The van der Waals surface area contributed by atoms with E-state index in [1.54, 1.807) is 6.92 Å². The van der Waals surface area contributed by atoms with Crippen molar-refractivity contribution in [1.29, 1.82) is 0 Å². The molecule has 1 N–H and O–H groups in total. The van der Waals surface area contributed by atoms with Gasteiger partial charge in [-0.25, -0.2) is 0 Å². The Kier molecular flexibility index (Phi) is 7.22. The summed E-state index contributed by atoms with van der Waals surface area (Å²) >= 11 is 0. The van der Waals surface area contributed by atoms with Crippen LogP contribution < -0.4 is 10.7 Å². The number of carbonyl (C=O) groups is 1.